The van der Waals surface area contributed by atoms with Crippen LogP contribution in [0.3, 0.4) is 0 Å². The summed E-state index contributed by atoms with van der Waals surface area (Å²) in [5.41, 5.74) is 2.48. The number of fused-ring (bicyclic) bond motifs is 1. The van der Waals surface area contributed by atoms with Crippen molar-refractivity contribution in [1.29, 1.82) is 0 Å². The minimum atomic E-state index is -2.99. The number of hydrogen-bond donors (Lipinski definition) is 1. The highest BCUT2D eigenvalue weighted by Crippen LogP contribution is 2.21. The van der Waals surface area contributed by atoms with Crippen LogP contribution in [0.2, 0.25) is 0 Å². The van der Waals surface area contributed by atoms with E-state index in [-0.39, 0.29) is 16.9 Å². The number of benzene rings is 2. The van der Waals surface area contributed by atoms with Crippen LogP contribution in [0.1, 0.15) is 32.0 Å². The summed E-state index contributed by atoms with van der Waals surface area (Å²) in [6.45, 7) is -0.0500. The maximum atomic E-state index is 12.5. The van der Waals surface area contributed by atoms with Gasteiger partial charge in [-0.25, -0.2) is 4.79 Å². The van der Waals surface area contributed by atoms with Crippen molar-refractivity contribution < 1.29 is 32.6 Å². The number of halogens is 2. The molecule has 0 aliphatic carbocycles. The molecule has 0 saturated carbocycles. The maximum absolute atomic E-state index is 12.5. The zero-order valence-electron chi connectivity index (χ0n) is 16.6. The van der Waals surface area contributed by atoms with E-state index in [1.54, 1.807) is 25.1 Å². The van der Waals surface area contributed by atoms with E-state index in [4.69, 9.17) is 4.74 Å². The first-order valence-corrected chi connectivity index (χ1v) is 9.17. The Morgan fingerprint density at radius 2 is 1.74 bits per heavy atom. The summed E-state index contributed by atoms with van der Waals surface area (Å²) in [6, 6.07) is 11.8. The number of pyridine rings is 1. The van der Waals surface area contributed by atoms with Crippen LogP contribution in [0.4, 0.5) is 8.78 Å². The monoisotopic (exact) mass is 428 g/mol. The molecular formula is C22H18F2N2O5. The van der Waals surface area contributed by atoms with Crippen molar-refractivity contribution in [3.63, 3.8) is 0 Å². The zero-order valence-corrected chi connectivity index (χ0v) is 16.6. The van der Waals surface area contributed by atoms with Crippen LogP contribution in [0, 0.1) is 13.8 Å². The van der Waals surface area contributed by atoms with Crippen LogP contribution >= 0.6 is 0 Å². The predicted molar refractivity (Wildman–Crippen MR) is 107 cm³/mol. The number of rotatable bonds is 6. The van der Waals surface area contributed by atoms with E-state index in [2.05, 4.69) is 15.0 Å². The molecule has 0 fully saturated rings. The fourth-order valence-corrected chi connectivity index (χ4v) is 2.87. The lowest BCUT2D eigenvalue weighted by molar-refractivity contribution is -0.123. The summed E-state index contributed by atoms with van der Waals surface area (Å²) in [7, 11) is 0. The molecule has 0 atom stereocenters. The molecule has 9 heteroatoms. The largest absolute Gasteiger partial charge is 0.452 e. The first-order chi connectivity index (χ1) is 14.7. The molecule has 0 aliphatic heterocycles. The average molecular weight is 428 g/mol. The number of carbonyl (C=O) groups excluding carboxylic acids is 3. The van der Waals surface area contributed by atoms with E-state index < -0.39 is 31.0 Å². The summed E-state index contributed by atoms with van der Waals surface area (Å²) in [6.07, 6.45) is 0. The highest BCUT2D eigenvalue weighted by molar-refractivity contribution is 6.07. The van der Waals surface area contributed by atoms with Crippen LogP contribution in [0.5, 0.6) is 5.75 Å². The third-order valence-corrected chi connectivity index (χ3v) is 4.24. The average Bonchev–Trinajstić information content (AvgIpc) is 2.71. The summed E-state index contributed by atoms with van der Waals surface area (Å²) < 4.78 is 33.6. The predicted octanol–water partition coefficient (Wildman–Crippen LogP) is 3.57. The Hall–Kier alpha value is -3.88. The van der Waals surface area contributed by atoms with Gasteiger partial charge >= 0.3 is 12.6 Å². The van der Waals surface area contributed by atoms with Crippen molar-refractivity contribution in [2.45, 2.75) is 20.5 Å². The van der Waals surface area contributed by atoms with Gasteiger partial charge in [-0.05, 0) is 56.3 Å². The molecule has 31 heavy (non-hydrogen) atoms. The van der Waals surface area contributed by atoms with Gasteiger partial charge in [0.15, 0.2) is 6.61 Å². The number of alkyl halides is 2. The van der Waals surface area contributed by atoms with E-state index in [1.807, 2.05) is 13.0 Å². The van der Waals surface area contributed by atoms with Gasteiger partial charge in [0, 0.05) is 16.6 Å². The van der Waals surface area contributed by atoms with Crippen LogP contribution in [-0.2, 0) is 9.53 Å². The molecule has 0 saturated heterocycles. The maximum Gasteiger partial charge on any atom is 0.387 e. The lowest BCUT2D eigenvalue weighted by Gasteiger charge is -2.10. The molecule has 1 heterocycles. The molecule has 3 aromatic rings. The summed E-state index contributed by atoms with van der Waals surface area (Å²) >= 11 is 0. The standard InChI is InChI=1S/C22H18F2N2O5/c1-12-3-8-18-16(9-12)17(10-13(2)25-18)21(29)30-11-19(27)26-20(28)14-4-6-15(7-5-14)31-22(23)24/h3-10,22H,11H2,1-2H3,(H,26,27,28). The third-order valence-electron chi connectivity index (χ3n) is 4.24. The van der Waals surface area contributed by atoms with Gasteiger partial charge in [-0.3, -0.25) is 19.9 Å². The molecule has 0 unspecified atom stereocenters. The number of aryl methyl sites for hydroxylation is 2. The molecule has 2 amide bonds. The highest BCUT2D eigenvalue weighted by atomic mass is 19.3. The van der Waals surface area contributed by atoms with E-state index >= 15 is 0 Å². The van der Waals surface area contributed by atoms with Crippen molar-refractivity contribution in [2.75, 3.05) is 6.61 Å². The Bertz CT molecular complexity index is 1150. The minimum absolute atomic E-state index is 0.0486. The lowest BCUT2D eigenvalue weighted by atomic mass is 10.1. The van der Waals surface area contributed by atoms with Gasteiger partial charge in [-0.1, -0.05) is 11.6 Å². The molecule has 0 bridgehead atoms. The Morgan fingerprint density at radius 1 is 1.03 bits per heavy atom. The van der Waals surface area contributed by atoms with Gasteiger partial charge in [0.05, 0.1) is 11.1 Å². The van der Waals surface area contributed by atoms with E-state index in [1.165, 1.54) is 24.3 Å². The molecule has 3 rings (SSSR count). The molecule has 2 aromatic carbocycles. The number of nitrogens with zero attached hydrogens (tertiary/aromatic N) is 1. The minimum Gasteiger partial charge on any atom is -0.452 e. The molecule has 1 aromatic heterocycles. The Labute approximate surface area is 176 Å². The number of esters is 1. The van der Waals surface area contributed by atoms with Gasteiger partial charge in [0.1, 0.15) is 5.75 Å². The normalized spacial score (nSPS) is 10.7. The highest BCUT2D eigenvalue weighted by Gasteiger charge is 2.17. The number of nitrogens with one attached hydrogen (secondary N) is 1. The van der Waals surface area contributed by atoms with E-state index in [9.17, 15) is 23.2 Å². The lowest BCUT2D eigenvalue weighted by Crippen LogP contribution is -2.34. The second-order valence-electron chi connectivity index (χ2n) is 6.69. The van der Waals surface area contributed by atoms with Crippen molar-refractivity contribution in [2.24, 2.45) is 0 Å². The fourth-order valence-electron chi connectivity index (χ4n) is 2.87. The Balaban J connectivity index is 1.62. The zero-order chi connectivity index (χ0) is 22.5. The SMILES string of the molecule is Cc1ccc2nc(C)cc(C(=O)OCC(=O)NC(=O)c3ccc(OC(F)F)cc3)c2c1. The van der Waals surface area contributed by atoms with Gasteiger partial charge in [0.2, 0.25) is 0 Å². The summed E-state index contributed by atoms with van der Waals surface area (Å²) in [5.74, 6) is -2.46. The Morgan fingerprint density at radius 3 is 2.42 bits per heavy atom. The number of carbonyl (C=O) groups is 3. The number of imide groups is 1. The van der Waals surface area contributed by atoms with Gasteiger partial charge < -0.3 is 9.47 Å². The molecular weight excluding hydrogens is 410 g/mol. The van der Waals surface area contributed by atoms with Crippen LogP contribution in [-0.4, -0.2) is 36.0 Å². The number of aromatic nitrogens is 1. The molecule has 160 valence electrons. The Kier molecular flexibility index (Phi) is 6.54. The fraction of sp³-hybridized carbons (Fsp3) is 0.182. The van der Waals surface area contributed by atoms with Crippen LogP contribution in [0.25, 0.3) is 10.9 Å². The van der Waals surface area contributed by atoms with Gasteiger partial charge in [0.25, 0.3) is 11.8 Å². The molecule has 0 radical (unpaired) electrons. The number of ether oxygens (including phenoxy) is 2. The van der Waals surface area contributed by atoms with Gasteiger partial charge in [-0.2, -0.15) is 8.78 Å². The second-order valence-corrected chi connectivity index (χ2v) is 6.69. The van der Waals surface area contributed by atoms with Gasteiger partial charge in [-0.15, -0.1) is 0 Å². The summed E-state index contributed by atoms with van der Waals surface area (Å²) in [4.78, 5) is 41.0. The first kappa shape index (κ1) is 21.8. The molecule has 0 spiro atoms. The number of amides is 2. The van der Waals surface area contributed by atoms with E-state index in [0.717, 1.165) is 5.56 Å². The van der Waals surface area contributed by atoms with Crippen molar-refractivity contribution >= 4 is 28.7 Å². The molecule has 0 aliphatic rings. The van der Waals surface area contributed by atoms with Crippen LogP contribution < -0.4 is 10.1 Å². The smallest absolute Gasteiger partial charge is 0.387 e. The molecule has 7 nitrogen and oxygen atoms in total. The van der Waals surface area contributed by atoms with Crippen molar-refractivity contribution in [3.8, 4) is 5.75 Å². The third kappa shape index (κ3) is 5.59. The van der Waals surface area contributed by atoms with E-state index in [0.29, 0.717) is 16.6 Å². The van der Waals surface area contributed by atoms with Crippen molar-refractivity contribution in [1.82, 2.24) is 10.3 Å². The quantitative estimate of drug-likeness (QED) is 0.604. The molecule has 1 N–H and O–H groups in total. The number of hydrogen-bond acceptors (Lipinski definition) is 6. The van der Waals surface area contributed by atoms with Crippen LogP contribution in [0.15, 0.2) is 48.5 Å². The first-order valence-electron chi connectivity index (χ1n) is 9.17. The van der Waals surface area contributed by atoms with Crippen molar-refractivity contribution in [3.05, 3.63) is 70.9 Å². The second kappa shape index (κ2) is 9.29. The topological polar surface area (TPSA) is 94.6 Å². The summed E-state index contributed by atoms with van der Waals surface area (Å²) in [5, 5.41) is 2.66.